The summed E-state index contributed by atoms with van der Waals surface area (Å²) in [5.74, 6) is 0.136. The maximum Gasteiger partial charge on any atom is 0.335 e. The lowest BCUT2D eigenvalue weighted by Gasteiger charge is -2.18. The van der Waals surface area contributed by atoms with Gasteiger partial charge in [0.1, 0.15) is 0 Å². The van der Waals surface area contributed by atoms with Gasteiger partial charge in [0.15, 0.2) is 6.10 Å². The van der Waals surface area contributed by atoms with E-state index in [0.29, 0.717) is 25.6 Å². The fourth-order valence-electron chi connectivity index (χ4n) is 1.67. The highest BCUT2D eigenvalue weighted by Gasteiger charge is 2.21. The number of carbonyl (C=O) groups is 1. The predicted octanol–water partition coefficient (Wildman–Crippen LogP) is 3.18. The van der Waals surface area contributed by atoms with Crippen LogP contribution >= 0.6 is 0 Å². The largest absolute Gasteiger partial charge is 0.464 e. The highest BCUT2D eigenvalue weighted by atomic mass is 16.6. The number of hydrogen-bond acceptors (Lipinski definition) is 3. The average molecular weight is 250 g/mol. The van der Waals surface area contributed by atoms with Crippen LogP contribution in [0.15, 0.2) is 30.3 Å². The molecule has 0 radical (unpaired) electrons. The molecular weight excluding hydrogens is 228 g/mol. The van der Waals surface area contributed by atoms with Crippen LogP contribution in [0.1, 0.15) is 32.8 Å². The molecule has 1 rings (SSSR count). The number of ether oxygens (including phenoxy) is 2. The van der Waals surface area contributed by atoms with E-state index in [1.807, 2.05) is 37.3 Å². The Kier molecular flexibility index (Phi) is 6.44. The van der Waals surface area contributed by atoms with Crippen molar-refractivity contribution >= 4 is 5.97 Å². The summed E-state index contributed by atoms with van der Waals surface area (Å²) < 4.78 is 10.7. The molecule has 0 amide bonds. The summed E-state index contributed by atoms with van der Waals surface area (Å²) in [6.45, 7) is 6.77. The molecule has 0 aromatic heterocycles. The van der Waals surface area contributed by atoms with E-state index in [1.54, 1.807) is 0 Å². The zero-order chi connectivity index (χ0) is 13.4. The molecule has 0 saturated heterocycles. The van der Waals surface area contributed by atoms with Crippen LogP contribution in [0.4, 0.5) is 0 Å². The summed E-state index contributed by atoms with van der Waals surface area (Å²) in [5.41, 5.74) is 1.07. The first kappa shape index (κ1) is 14.7. The van der Waals surface area contributed by atoms with Gasteiger partial charge < -0.3 is 9.47 Å². The molecule has 3 heteroatoms. The first-order valence-corrected chi connectivity index (χ1v) is 6.45. The number of rotatable bonds is 7. The molecule has 0 saturated carbocycles. The van der Waals surface area contributed by atoms with Gasteiger partial charge in [-0.2, -0.15) is 0 Å². The Morgan fingerprint density at radius 2 is 1.89 bits per heavy atom. The lowest BCUT2D eigenvalue weighted by atomic mass is 10.1. The lowest BCUT2D eigenvalue weighted by molar-refractivity contribution is -0.158. The van der Waals surface area contributed by atoms with Gasteiger partial charge in [0.05, 0.1) is 13.2 Å². The van der Waals surface area contributed by atoms with E-state index in [-0.39, 0.29) is 5.97 Å². The Bertz CT molecular complexity index is 346. The number of carbonyl (C=O) groups excluding carboxylic acids is 1. The zero-order valence-electron chi connectivity index (χ0n) is 11.4. The highest BCUT2D eigenvalue weighted by Crippen LogP contribution is 2.13. The normalized spacial score (nSPS) is 12.4. The Hall–Kier alpha value is -1.35. The highest BCUT2D eigenvalue weighted by molar-refractivity contribution is 5.74. The number of esters is 1. The molecular formula is C15H22O3. The van der Waals surface area contributed by atoms with Crippen molar-refractivity contribution in [3.05, 3.63) is 35.9 Å². The van der Waals surface area contributed by atoms with E-state index in [4.69, 9.17) is 9.47 Å². The summed E-state index contributed by atoms with van der Waals surface area (Å²) in [7, 11) is 0. The van der Waals surface area contributed by atoms with E-state index in [0.717, 1.165) is 5.56 Å². The van der Waals surface area contributed by atoms with Gasteiger partial charge >= 0.3 is 5.97 Å². The van der Waals surface area contributed by atoms with Crippen molar-refractivity contribution in [1.29, 1.82) is 0 Å². The van der Waals surface area contributed by atoms with Crippen molar-refractivity contribution in [2.45, 2.75) is 39.9 Å². The summed E-state index contributed by atoms with van der Waals surface area (Å²) in [4.78, 5) is 11.8. The van der Waals surface area contributed by atoms with Crippen molar-refractivity contribution in [3.63, 3.8) is 0 Å². The minimum atomic E-state index is -0.467. The Labute approximate surface area is 109 Å². The van der Waals surface area contributed by atoms with Crippen LogP contribution in [0.2, 0.25) is 0 Å². The molecule has 0 bridgehead atoms. The number of hydrogen-bond donors (Lipinski definition) is 0. The predicted molar refractivity (Wildman–Crippen MR) is 71.1 cm³/mol. The van der Waals surface area contributed by atoms with E-state index in [2.05, 4.69) is 13.8 Å². The Morgan fingerprint density at radius 1 is 1.22 bits per heavy atom. The summed E-state index contributed by atoms with van der Waals surface area (Å²) >= 11 is 0. The quantitative estimate of drug-likeness (QED) is 0.697. The molecule has 0 N–H and O–H groups in total. The van der Waals surface area contributed by atoms with E-state index in [9.17, 15) is 4.79 Å². The first-order chi connectivity index (χ1) is 8.63. The second-order valence-corrected chi connectivity index (χ2v) is 4.67. The van der Waals surface area contributed by atoms with Gasteiger partial charge in [-0.1, -0.05) is 44.2 Å². The molecule has 0 spiro atoms. The topological polar surface area (TPSA) is 35.5 Å². The van der Waals surface area contributed by atoms with Crippen LogP contribution in [-0.4, -0.2) is 18.7 Å². The van der Waals surface area contributed by atoms with Crippen LogP contribution < -0.4 is 0 Å². The SMILES string of the molecule is CCOC(=O)C(CC(C)C)OCc1ccccc1. The fraction of sp³-hybridized carbons (Fsp3) is 0.533. The monoisotopic (exact) mass is 250 g/mol. The first-order valence-electron chi connectivity index (χ1n) is 6.45. The molecule has 0 aliphatic rings. The van der Waals surface area contributed by atoms with Gasteiger partial charge in [0.2, 0.25) is 0 Å². The molecule has 100 valence electrons. The van der Waals surface area contributed by atoms with Crippen LogP contribution in [0.5, 0.6) is 0 Å². The van der Waals surface area contributed by atoms with Crippen LogP contribution in [0.25, 0.3) is 0 Å². The average Bonchev–Trinajstić information content (AvgIpc) is 2.35. The van der Waals surface area contributed by atoms with E-state index >= 15 is 0 Å². The molecule has 1 atom stereocenters. The zero-order valence-corrected chi connectivity index (χ0v) is 11.4. The minimum absolute atomic E-state index is 0.262. The van der Waals surface area contributed by atoms with Crippen molar-refractivity contribution in [3.8, 4) is 0 Å². The molecule has 1 unspecified atom stereocenters. The molecule has 0 aliphatic carbocycles. The van der Waals surface area contributed by atoms with Gasteiger partial charge in [-0.05, 0) is 24.8 Å². The summed E-state index contributed by atoms with van der Waals surface area (Å²) in [5, 5.41) is 0. The Balaban J connectivity index is 2.53. The van der Waals surface area contributed by atoms with Gasteiger partial charge in [0, 0.05) is 0 Å². The minimum Gasteiger partial charge on any atom is -0.464 e. The molecule has 0 heterocycles. The third kappa shape index (κ3) is 5.32. The third-order valence-electron chi connectivity index (χ3n) is 2.53. The van der Waals surface area contributed by atoms with Crippen LogP contribution in [-0.2, 0) is 20.9 Å². The molecule has 0 fully saturated rings. The van der Waals surface area contributed by atoms with Crippen molar-refractivity contribution < 1.29 is 14.3 Å². The molecule has 1 aromatic rings. The third-order valence-corrected chi connectivity index (χ3v) is 2.53. The maximum atomic E-state index is 11.8. The number of benzene rings is 1. The second-order valence-electron chi connectivity index (χ2n) is 4.67. The summed E-state index contributed by atoms with van der Waals surface area (Å²) in [6.07, 6.45) is 0.219. The molecule has 3 nitrogen and oxygen atoms in total. The molecule has 0 aliphatic heterocycles. The van der Waals surface area contributed by atoms with Crippen molar-refractivity contribution in [2.24, 2.45) is 5.92 Å². The van der Waals surface area contributed by atoms with E-state index < -0.39 is 6.10 Å². The standard InChI is InChI=1S/C15H22O3/c1-4-17-15(16)14(10-12(2)3)18-11-13-8-6-5-7-9-13/h5-9,12,14H,4,10-11H2,1-3H3. The van der Waals surface area contributed by atoms with Crippen LogP contribution in [0, 0.1) is 5.92 Å². The van der Waals surface area contributed by atoms with E-state index in [1.165, 1.54) is 0 Å². The maximum absolute atomic E-state index is 11.8. The van der Waals surface area contributed by atoms with Gasteiger partial charge in [0.25, 0.3) is 0 Å². The smallest absolute Gasteiger partial charge is 0.335 e. The van der Waals surface area contributed by atoms with Gasteiger partial charge in [-0.15, -0.1) is 0 Å². The summed E-state index contributed by atoms with van der Waals surface area (Å²) in [6, 6.07) is 9.84. The van der Waals surface area contributed by atoms with Crippen molar-refractivity contribution in [1.82, 2.24) is 0 Å². The molecule has 1 aromatic carbocycles. The fourth-order valence-corrected chi connectivity index (χ4v) is 1.67. The second kappa shape index (κ2) is 7.88. The van der Waals surface area contributed by atoms with Crippen LogP contribution in [0.3, 0.4) is 0 Å². The Morgan fingerprint density at radius 3 is 2.44 bits per heavy atom. The molecule has 18 heavy (non-hydrogen) atoms. The van der Waals surface area contributed by atoms with Crippen molar-refractivity contribution in [2.75, 3.05) is 6.61 Å². The van der Waals surface area contributed by atoms with Gasteiger partial charge in [-0.25, -0.2) is 4.79 Å². The lowest BCUT2D eigenvalue weighted by Crippen LogP contribution is -2.28. The van der Waals surface area contributed by atoms with Gasteiger partial charge in [-0.3, -0.25) is 0 Å².